The highest BCUT2D eigenvalue weighted by Crippen LogP contribution is 2.24. The summed E-state index contributed by atoms with van der Waals surface area (Å²) in [6, 6.07) is 16.3. The lowest BCUT2D eigenvalue weighted by atomic mass is 10.1. The van der Waals surface area contributed by atoms with Crippen LogP contribution in [0.5, 0.6) is 0 Å². The summed E-state index contributed by atoms with van der Waals surface area (Å²) >= 11 is 0. The number of esters is 2. The molecule has 0 spiro atoms. The van der Waals surface area contributed by atoms with Crippen LogP contribution in [0.15, 0.2) is 66.9 Å². The zero-order valence-electron chi connectivity index (χ0n) is 17.6. The fraction of sp³-hybridized carbons (Fsp3) is 0.130. The van der Waals surface area contributed by atoms with Crippen molar-refractivity contribution >= 4 is 37.2 Å². The molecule has 1 amide bonds. The first kappa shape index (κ1) is 24.0. The lowest BCUT2D eigenvalue weighted by molar-refractivity contribution is -0.119. The van der Waals surface area contributed by atoms with Crippen molar-refractivity contribution in [2.75, 3.05) is 18.5 Å². The topological polar surface area (TPSA) is 135 Å². The molecule has 0 atom stereocenters. The fourth-order valence-corrected chi connectivity index (χ4v) is 3.33. The number of benzene rings is 2. The molecule has 3 rings (SSSR count). The van der Waals surface area contributed by atoms with Crippen LogP contribution >= 0.6 is 8.38 Å². The number of ether oxygens (including phenoxy) is 2. The summed E-state index contributed by atoms with van der Waals surface area (Å²) in [5.74, 6) is -2.14. The first-order valence-electron chi connectivity index (χ1n) is 9.86. The number of nitrogens with one attached hydrogen (secondary N) is 1. The minimum atomic E-state index is -2.36. The normalized spacial score (nSPS) is 10.5. The molecule has 1 heterocycles. The molecule has 2 aromatic carbocycles. The average Bonchev–Trinajstić information content (AvgIpc) is 2.83. The Hall–Kier alpha value is -3.65. The Kier molecular flexibility index (Phi) is 8.21. The highest BCUT2D eigenvalue weighted by atomic mass is 31.2. The first-order valence-corrected chi connectivity index (χ1v) is 11.1. The zero-order chi connectivity index (χ0) is 23.8. The standard InChI is InChI=1S/C23H21N2O7P/c1-2-31-23(28)18-12-19(15-7-4-3-5-8-15)24-13-20(18)25-21(26)14-32-22(27)16-9-6-10-17(11-16)33(29)30/h3-13,29-30H,2,14H2,1H3,(H,25,26). The molecule has 0 unspecified atom stereocenters. The predicted octanol–water partition coefficient (Wildman–Crippen LogP) is 2.64. The number of pyridine rings is 1. The van der Waals surface area contributed by atoms with Gasteiger partial charge in [-0.2, -0.15) is 0 Å². The van der Waals surface area contributed by atoms with Crippen LogP contribution in [0.1, 0.15) is 27.6 Å². The van der Waals surface area contributed by atoms with Crippen LogP contribution in [0.3, 0.4) is 0 Å². The number of anilines is 1. The number of carbonyl (C=O) groups excluding carboxylic acids is 3. The molecule has 0 fully saturated rings. The molecule has 1 aromatic heterocycles. The van der Waals surface area contributed by atoms with Gasteiger partial charge in [0.1, 0.15) is 0 Å². The van der Waals surface area contributed by atoms with E-state index in [0.29, 0.717) is 5.69 Å². The summed E-state index contributed by atoms with van der Waals surface area (Å²) < 4.78 is 10.1. The van der Waals surface area contributed by atoms with Gasteiger partial charge in [0.25, 0.3) is 5.91 Å². The monoisotopic (exact) mass is 468 g/mol. The molecule has 3 N–H and O–H groups in total. The second kappa shape index (κ2) is 11.3. The summed E-state index contributed by atoms with van der Waals surface area (Å²) in [5.41, 5.74) is 1.60. The predicted molar refractivity (Wildman–Crippen MR) is 122 cm³/mol. The Bertz CT molecular complexity index is 1150. The quantitative estimate of drug-likeness (QED) is 0.339. The molecule has 0 aliphatic rings. The van der Waals surface area contributed by atoms with Gasteiger partial charge in [-0.05, 0) is 31.2 Å². The van der Waals surface area contributed by atoms with Crippen LogP contribution < -0.4 is 10.6 Å². The summed E-state index contributed by atoms with van der Waals surface area (Å²) in [6.45, 7) is 1.19. The van der Waals surface area contributed by atoms with Crippen molar-refractivity contribution in [3.63, 3.8) is 0 Å². The van der Waals surface area contributed by atoms with Crippen molar-refractivity contribution in [1.29, 1.82) is 0 Å². The van der Waals surface area contributed by atoms with Crippen molar-refractivity contribution < 1.29 is 33.6 Å². The van der Waals surface area contributed by atoms with Crippen LogP contribution in [0.2, 0.25) is 0 Å². The van der Waals surface area contributed by atoms with E-state index in [1.165, 1.54) is 36.5 Å². The molecule has 0 saturated heterocycles. The van der Waals surface area contributed by atoms with Gasteiger partial charge >= 0.3 is 11.9 Å². The average molecular weight is 468 g/mol. The maximum atomic E-state index is 12.4. The lowest BCUT2D eigenvalue weighted by Crippen LogP contribution is -2.23. The van der Waals surface area contributed by atoms with Gasteiger partial charge in [0, 0.05) is 10.9 Å². The van der Waals surface area contributed by atoms with Crippen LogP contribution in [0.4, 0.5) is 5.69 Å². The van der Waals surface area contributed by atoms with Gasteiger partial charge in [-0.3, -0.25) is 9.78 Å². The van der Waals surface area contributed by atoms with Crippen molar-refractivity contribution in [2.24, 2.45) is 0 Å². The summed E-state index contributed by atoms with van der Waals surface area (Å²) in [7, 11) is -2.36. The number of nitrogens with zero attached hydrogens (tertiary/aromatic N) is 1. The van der Waals surface area contributed by atoms with E-state index < -0.39 is 32.8 Å². The Morgan fingerprint density at radius 2 is 1.73 bits per heavy atom. The zero-order valence-corrected chi connectivity index (χ0v) is 18.5. The molecule has 33 heavy (non-hydrogen) atoms. The van der Waals surface area contributed by atoms with E-state index in [-0.39, 0.29) is 28.7 Å². The molecule has 170 valence electrons. The van der Waals surface area contributed by atoms with E-state index in [4.69, 9.17) is 9.47 Å². The van der Waals surface area contributed by atoms with Crippen LogP contribution in [-0.2, 0) is 14.3 Å². The molecule has 0 radical (unpaired) electrons. The number of carbonyl (C=O) groups is 3. The van der Waals surface area contributed by atoms with Gasteiger partial charge in [-0.25, -0.2) is 9.59 Å². The number of aromatic nitrogens is 1. The van der Waals surface area contributed by atoms with Gasteiger partial charge in [0.2, 0.25) is 0 Å². The lowest BCUT2D eigenvalue weighted by Gasteiger charge is -2.12. The van der Waals surface area contributed by atoms with E-state index in [1.807, 2.05) is 30.3 Å². The molecule has 3 aromatic rings. The van der Waals surface area contributed by atoms with E-state index in [2.05, 4.69) is 10.3 Å². The summed E-state index contributed by atoms with van der Waals surface area (Å²) in [4.78, 5) is 59.8. The molecule has 0 saturated carbocycles. The third kappa shape index (κ3) is 6.43. The number of rotatable bonds is 8. The Balaban J connectivity index is 1.72. The van der Waals surface area contributed by atoms with Gasteiger partial charge in [-0.15, -0.1) is 0 Å². The van der Waals surface area contributed by atoms with Crippen molar-refractivity contribution in [1.82, 2.24) is 4.98 Å². The van der Waals surface area contributed by atoms with Crippen LogP contribution in [0, 0.1) is 0 Å². The smallest absolute Gasteiger partial charge is 0.340 e. The minimum absolute atomic E-state index is 0.0667. The fourth-order valence-electron chi connectivity index (χ4n) is 2.86. The Labute approximate surface area is 190 Å². The van der Waals surface area contributed by atoms with E-state index in [0.717, 1.165) is 5.56 Å². The van der Waals surface area contributed by atoms with Gasteiger partial charge < -0.3 is 24.6 Å². The van der Waals surface area contributed by atoms with Crippen LogP contribution in [-0.4, -0.2) is 45.8 Å². The molecule has 9 nitrogen and oxygen atoms in total. The van der Waals surface area contributed by atoms with Crippen molar-refractivity contribution in [3.8, 4) is 11.3 Å². The highest BCUT2D eigenvalue weighted by Gasteiger charge is 2.18. The van der Waals surface area contributed by atoms with Gasteiger partial charge in [-0.1, -0.05) is 36.4 Å². The third-order valence-electron chi connectivity index (χ3n) is 4.39. The highest BCUT2D eigenvalue weighted by molar-refractivity contribution is 7.54. The molecule has 0 aliphatic heterocycles. The number of amides is 1. The second-order valence-corrected chi connectivity index (χ2v) is 7.76. The SMILES string of the molecule is CCOC(=O)c1cc(-c2ccccc2)ncc1NC(=O)COC(=O)c1cccc(P(O)O)c1. The molecular weight excluding hydrogens is 447 g/mol. The van der Waals surface area contributed by atoms with E-state index >= 15 is 0 Å². The van der Waals surface area contributed by atoms with Gasteiger partial charge in [0.15, 0.2) is 15.0 Å². The Morgan fingerprint density at radius 3 is 2.42 bits per heavy atom. The molecule has 10 heteroatoms. The number of hydrogen-bond donors (Lipinski definition) is 3. The van der Waals surface area contributed by atoms with E-state index in [9.17, 15) is 24.2 Å². The van der Waals surface area contributed by atoms with Crippen LogP contribution in [0.25, 0.3) is 11.3 Å². The van der Waals surface area contributed by atoms with Crippen molar-refractivity contribution in [3.05, 3.63) is 78.0 Å². The Morgan fingerprint density at radius 1 is 0.970 bits per heavy atom. The number of hydrogen-bond acceptors (Lipinski definition) is 8. The van der Waals surface area contributed by atoms with Gasteiger partial charge in [0.05, 0.1) is 35.3 Å². The molecular formula is C23H21N2O7P. The minimum Gasteiger partial charge on any atom is -0.462 e. The van der Waals surface area contributed by atoms with Crippen molar-refractivity contribution in [2.45, 2.75) is 6.92 Å². The molecule has 0 bridgehead atoms. The largest absolute Gasteiger partial charge is 0.462 e. The third-order valence-corrected chi connectivity index (χ3v) is 5.13. The maximum Gasteiger partial charge on any atom is 0.340 e. The molecule has 0 aliphatic carbocycles. The van der Waals surface area contributed by atoms with E-state index in [1.54, 1.807) is 6.92 Å². The summed E-state index contributed by atoms with van der Waals surface area (Å²) in [5, 5.41) is 2.68. The first-order chi connectivity index (χ1) is 15.9. The summed E-state index contributed by atoms with van der Waals surface area (Å²) in [6.07, 6.45) is 1.34. The second-order valence-electron chi connectivity index (χ2n) is 6.67. The maximum absolute atomic E-state index is 12.4.